The van der Waals surface area contributed by atoms with Crippen LogP contribution in [0.5, 0.6) is 0 Å². The molecule has 0 aromatic heterocycles. The number of halogens is 1. The Morgan fingerprint density at radius 3 is 1.80 bits per heavy atom. The summed E-state index contributed by atoms with van der Waals surface area (Å²) in [6.07, 6.45) is 0. The number of hydrogen-bond donors (Lipinski definition) is 0. The Kier molecular flexibility index (Phi) is 4.12. The predicted molar refractivity (Wildman–Crippen MR) is 51.1 cm³/mol. The fourth-order valence-corrected chi connectivity index (χ4v) is 0.726. The van der Waals surface area contributed by atoms with Crippen LogP contribution >= 0.6 is 17.0 Å². The van der Waals surface area contributed by atoms with E-state index in [1.54, 1.807) is 0 Å². The maximum absolute atomic E-state index is 2.08. The molecule has 56 valence electrons. The second-order valence-corrected chi connectivity index (χ2v) is 2.23. The van der Waals surface area contributed by atoms with Gasteiger partial charge >= 0.3 is 0 Å². The summed E-state index contributed by atoms with van der Waals surface area (Å²) in [5.41, 5.74) is 1.25. The summed E-state index contributed by atoms with van der Waals surface area (Å²) in [6.45, 7) is 0. The SMILES string of the molecule is Br.CN(C)c1ccccc1. The third kappa shape index (κ3) is 2.40. The number of rotatable bonds is 1. The van der Waals surface area contributed by atoms with E-state index in [1.807, 2.05) is 32.3 Å². The van der Waals surface area contributed by atoms with Crippen molar-refractivity contribution in [1.82, 2.24) is 0 Å². The molecule has 0 saturated heterocycles. The molecular formula is C8H12BrN. The van der Waals surface area contributed by atoms with Crippen LogP contribution in [0.4, 0.5) is 5.69 Å². The third-order valence-electron chi connectivity index (χ3n) is 1.27. The largest absolute Gasteiger partial charge is 0.378 e. The smallest absolute Gasteiger partial charge is 0.0360 e. The highest BCUT2D eigenvalue weighted by molar-refractivity contribution is 8.93. The fraction of sp³-hybridized carbons (Fsp3) is 0.250. The van der Waals surface area contributed by atoms with Gasteiger partial charge in [0.1, 0.15) is 0 Å². The van der Waals surface area contributed by atoms with Crippen LogP contribution in [0.3, 0.4) is 0 Å². The van der Waals surface area contributed by atoms with Crippen LogP contribution < -0.4 is 4.90 Å². The highest BCUT2D eigenvalue weighted by Crippen LogP contribution is 2.07. The first kappa shape index (κ1) is 9.50. The van der Waals surface area contributed by atoms with Gasteiger partial charge in [-0.15, -0.1) is 17.0 Å². The lowest BCUT2D eigenvalue weighted by atomic mass is 10.3. The highest BCUT2D eigenvalue weighted by Gasteiger charge is 1.87. The predicted octanol–water partition coefficient (Wildman–Crippen LogP) is 2.33. The molecule has 0 aliphatic heterocycles. The summed E-state index contributed by atoms with van der Waals surface area (Å²) in [4.78, 5) is 2.08. The Hall–Kier alpha value is -0.500. The van der Waals surface area contributed by atoms with E-state index in [2.05, 4.69) is 17.0 Å². The minimum atomic E-state index is 0. The van der Waals surface area contributed by atoms with Crippen molar-refractivity contribution in [1.29, 1.82) is 0 Å². The van der Waals surface area contributed by atoms with Crippen LogP contribution in [0.15, 0.2) is 30.3 Å². The van der Waals surface area contributed by atoms with Gasteiger partial charge in [0.25, 0.3) is 0 Å². The summed E-state index contributed by atoms with van der Waals surface area (Å²) < 4.78 is 0. The summed E-state index contributed by atoms with van der Waals surface area (Å²) in [5, 5.41) is 0. The van der Waals surface area contributed by atoms with Crippen LogP contribution in [0.25, 0.3) is 0 Å². The molecule has 0 atom stereocenters. The van der Waals surface area contributed by atoms with Crippen molar-refractivity contribution < 1.29 is 0 Å². The molecule has 10 heavy (non-hydrogen) atoms. The molecule has 1 rings (SSSR count). The van der Waals surface area contributed by atoms with E-state index < -0.39 is 0 Å². The maximum atomic E-state index is 2.08. The van der Waals surface area contributed by atoms with Gasteiger partial charge in [-0.1, -0.05) is 18.2 Å². The molecule has 1 aromatic rings. The van der Waals surface area contributed by atoms with Crippen molar-refractivity contribution >= 4 is 22.7 Å². The minimum absolute atomic E-state index is 0. The van der Waals surface area contributed by atoms with Crippen LogP contribution in [0.2, 0.25) is 0 Å². The van der Waals surface area contributed by atoms with Gasteiger partial charge in [0.15, 0.2) is 0 Å². The lowest BCUT2D eigenvalue weighted by Crippen LogP contribution is -2.07. The number of anilines is 1. The van der Waals surface area contributed by atoms with Gasteiger partial charge in [-0.2, -0.15) is 0 Å². The molecule has 0 aliphatic rings. The molecule has 0 saturated carbocycles. The second kappa shape index (κ2) is 4.34. The standard InChI is InChI=1S/C8H11N.BrH/c1-9(2)8-6-4-3-5-7-8;/h3-7H,1-2H3;1H. The number of hydrogen-bond acceptors (Lipinski definition) is 1. The van der Waals surface area contributed by atoms with Crippen LogP contribution in [-0.4, -0.2) is 14.1 Å². The van der Waals surface area contributed by atoms with E-state index in [1.165, 1.54) is 5.69 Å². The first-order valence-electron chi connectivity index (χ1n) is 3.03. The molecule has 1 aromatic carbocycles. The van der Waals surface area contributed by atoms with Crippen molar-refractivity contribution in [2.45, 2.75) is 0 Å². The lowest BCUT2D eigenvalue weighted by Gasteiger charge is -2.10. The van der Waals surface area contributed by atoms with E-state index in [4.69, 9.17) is 0 Å². The summed E-state index contributed by atoms with van der Waals surface area (Å²) in [7, 11) is 4.07. The van der Waals surface area contributed by atoms with Crippen molar-refractivity contribution in [2.75, 3.05) is 19.0 Å². The average molecular weight is 202 g/mol. The Morgan fingerprint density at radius 1 is 1.00 bits per heavy atom. The molecule has 0 aliphatic carbocycles. The second-order valence-electron chi connectivity index (χ2n) is 2.23. The Morgan fingerprint density at radius 2 is 1.50 bits per heavy atom. The number of benzene rings is 1. The average Bonchev–Trinajstić information content (AvgIpc) is 1.90. The number of para-hydroxylation sites is 1. The van der Waals surface area contributed by atoms with Gasteiger partial charge in [0.05, 0.1) is 0 Å². The molecule has 0 spiro atoms. The highest BCUT2D eigenvalue weighted by atomic mass is 79.9. The Balaban J connectivity index is 0.000000810. The van der Waals surface area contributed by atoms with Crippen molar-refractivity contribution in [3.63, 3.8) is 0 Å². The molecule has 0 radical (unpaired) electrons. The minimum Gasteiger partial charge on any atom is -0.378 e. The molecule has 0 heterocycles. The molecule has 0 bridgehead atoms. The number of nitrogens with zero attached hydrogens (tertiary/aromatic N) is 1. The van der Waals surface area contributed by atoms with Crippen molar-refractivity contribution in [3.05, 3.63) is 30.3 Å². The van der Waals surface area contributed by atoms with Gasteiger partial charge in [0.2, 0.25) is 0 Å². The zero-order chi connectivity index (χ0) is 6.69. The normalized spacial score (nSPS) is 8.20. The first-order valence-corrected chi connectivity index (χ1v) is 3.03. The zero-order valence-corrected chi connectivity index (χ0v) is 7.96. The van der Waals surface area contributed by atoms with Crippen LogP contribution in [0, 0.1) is 0 Å². The van der Waals surface area contributed by atoms with E-state index in [0.29, 0.717) is 0 Å². The van der Waals surface area contributed by atoms with E-state index in [0.717, 1.165) is 0 Å². The van der Waals surface area contributed by atoms with Gasteiger partial charge in [-0.05, 0) is 12.1 Å². The zero-order valence-electron chi connectivity index (χ0n) is 6.24. The third-order valence-corrected chi connectivity index (χ3v) is 1.27. The molecule has 0 unspecified atom stereocenters. The summed E-state index contributed by atoms with van der Waals surface area (Å²) in [5.74, 6) is 0. The summed E-state index contributed by atoms with van der Waals surface area (Å²) >= 11 is 0. The molecule has 0 N–H and O–H groups in total. The quantitative estimate of drug-likeness (QED) is 0.675. The van der Waals surface area contributed by atoms with Crippen molar-refractivity contribution in [2.24, 2.45) is 0 Å². The van der Waals surface area contributed by atoms with Gasteiger partial charge in [-0.3, -0.25) is 0 Å². The van der Waals surface area contributed by atoms with Crippen molar-refractivity contribution in [3.8, 4) is 0 Å². The van der Waals surface area contributed by atoms with Crippen LogP contribution in [0.1, 0.15) is 0 Å². The topological polar surface area (TPSA) is 3.24 Å². The Bertz CT molecular complexity index is 172. The van der Waals surface area contributed by atoms with Crippen LogP contribution in [-0.2, 0) is 0 Å². The van der Waals surface area contributed by atoms with E-state index in [-0.39, 0.29) is 17.0 Å². The maximum Gasteiger partial charge on any atom is 0.0360 e. The molecule has 2 heteroatoms. The van der Waals surface area contributed by atoms with Gasteiger partial charge in [-0.25, -0.2) is 0 Å². The fourth-order valence-electron chi connectivity index (χ4n) is 0.726. The van der Waals surface area contributed by atoms with Gasteiger partial charge in [0, 0.05) is 19.8 Å². The van der Waals surface area contributed by atoms with Gasteiger partial charge < -0.3 is 4.90 Å². The molecular weight excluding hydrogens is 190 g/mol. The van der Waals surface area contributed by atoms with E-state index >= 15 is 0 Å². The van der Waals surface area contributed by atoms with E-state index in [9.17, 15) is 0 Å². The molecule has 1 nitrogen and oxygen atoms in total. The summed E-state index contributed by atoms with van der Waals surface area (Å²) in [6, 6.07) is 10.3. The first-order chi connectivity index (χ1) is 4.30. The Labute approximate surface area is 72.4 Å². The lowest BCUT2D eigenvalue weighted by molar-refractivity contribution is 1.13. The molecule has 0 fully saturated rings. The monoisotopic (exact) mass is 201 g/mol. The molecule has 0 amide bonds.